The molecular formula is C15H30O4. The normalized spacial score (nSPS) is 11.5. The number of ketones is 1. The molecule has 0 radical (unpaired) electrons. The fraction of sp³-hybridized carbons (Fsp3) is 0.933. The summed E-state index contributed by atoms with van der Waals surface area (Å²) in [7, 11) is 0. The lowest BCUT2D eigenvalue weighted by atomic mass is 10.1. The van der Waals surface area contributed by atoms with Crippen molar-refractivity contribution in [3.8, 4) is 0 Å². The lowest BCUT2D eigenvalue weighted by Gasteiger charge is -2.08. The van der Waals surface area contributed by atoms with Crippen molar-refractivity contribution in [1.82, 2.24) is 0 Å². The second-order valence-corrected chi connectivity index (χ2v) is 5.27. The summed E-state index contributed by atoms with van der Waals surface area (Å²) in [4.78, 5) is 11.3. The van der Waals surface area contributed by atoms with E-state index < -0.39 is 0 Å². The molecule has 0 bridgehead atoms. The van der Waals surface area contributed by atoms with Crippen LogP contribution in [0.3, 0.4) is 0 Å². The van der Waals surface area contributed by atoms with E-state index in [-0.39, 0.29) is 24.4 Å². The molecule has 0 unspecified atom stereocenters. The molecule has 0 N–H and O–H groups in total. The number of hydrogen-bond acceptors (Lipinski definition) is 4. The first kappa shape index (κ1) is 18.6. The molecule has 0 aromatic heterocycles. The Hall–Kier alpha value is -0.450. The van der Waals surface area contributed by atoms with Gasteiger partial charge in [0.05, 0.1) is 19.3 Å². The highest BCUT2D eigenvalue weighted by molar-refractivity contribution is 5.81. The van der Waals surface area contributed by atoms with Crippen LogP contribution in [0.1, 0.15) is 47.0 Å². The van der Waals surface area contributed by atoms with Crippen LogP contribution in [0, 0.1) is 5.92 Å². The highest BCUT2D eigenvalue weighted by atomic mass is 16.5. The molecule has 4 nitrogen and oxygen atoms in total. The van der Waals surface area contributed by atoms with Gasteiger partial charge in [0.1, 0.15) is 6.61 Å². The molecule has 0 atom stereocenters. The van der Waals surface area contributed by atoms with Crippen molar-refractivity contribution in [3.05, 3.63) is 0 Å². The number of carbonyl (C=O) groups excluding carboxylic acids is 1. The largest absolute Gasteiger partial charge is 0.379 e. The van der Waals surface area contributed by atoms with Crippen molar-refractivity contribution in [2.75, 3.05) is 33.0 Å². The average Bonchev–Trinajstić information content (AvgIpc) is 2.35. The van der Waals surface area contributed by atoms with Crippen molar-refractivity contribution in [1.29, 1.82) is 0 Å². The van der Waals surface area contributed by atoms with Gasteiger partial charge in [-0.25, -0.2) is 0 Å². The highest BCUT2D eigenvalue weighted by Crippen LogP contribution is 1.99. The Kier molecular flexibility index (Phi) is 12.3. The van der Waals surface area contributed by atoms with Crippen molar-refractivity contribution in [3.63, 3.8) is 0 Å². The first-order valence-electron chi connectivity index (χ1n) is 7.33. The van der Waals surface area contributed by atoms with Gasteiger partial charge in [0, 0.05) is 19.1 Å². The van der Waals surface area contributed by atoms with Gasteiger partial charge >= 0.3 is 0 Å². The standard InChI is InChI=1S/C15H30O4/c1-13(2)15(16)12-18-9-7-5-6-8-17-10-11-19-14(3)4/h13-14H,5-12H2,1-4H3. The van der Waals surface area contributed by atoms with E-state index >= 15 is 0 Å². The smallest absolute Gasteiger partial charge is 0.160 e. The molecule has 0 saturated carbocycles. The summed E-state index contributed by atoms with van der Waals surface area (Å²) in [6.07, 6.45) is 3.36. The fourth-order valence-corrected chi connectivity index (χ4v) is 1.37. The van der Waals surface area contributed by atoms with Gasteiger partial charge in [0.25, 0.3) is 0 Å². The third kappa shape index (κ3) is 13.8. The van der Waals surface area contributed by atoms with E-state index in [1.165, 1.54) is 0 Å². The minimum Gasteiger partial charge on any atom is -0.379 e. The summed E-state index contributed by atoms with van der Waals surface area (Å²) in [5.41, 5.74) is 0. The Morgan fingerprint density at radius 2 is 1.47 bits per heavy atom. The molecule has 0 aliphatic heterocycles. The van der Waals surface area contributed by atoms with Crippen LogP contribution in [0.25, 0.3) is 0 Å². The van der Waals surface area contributed by atoms with E-state index in [2.05, 4.69) is 0 Å². The second-order valence-electron chi connectivity index (χ2n) is 5.27. The van der Waals surface area contributed by atoms with Crippen molar-refractivity contribution in [2.45, 2.75) is 53.1 Å². The zero-order valence-electron chi connectivity index (χ0n) is 12.9. The number of hydrogen-bond donors (Lipinski definition) is 0. The second kappa shape index (κ2) is 12.6. The van der Waals surface area contributed by atoms with E-state index in [1.807, 2.05) is 27.7 Å². The van der Waals surface area contributed by atoms with Crippen LogP contribution >= 0.6 is 0 Å². The van der Waals surface area contributed by atoms with Crippen LogP contribution in [0.2, 0.25) is 0 Å². The van der Waals surface area contributed by atoms with E-state index in [0.717, 1.165) is 25.9 Å². The van der Waals surface area contributed by atoms with Gasteiger partial charge in [-0.3, -0.25) is 4.79 Å². The van der Waals surface area contributed by atoms with Gasteiger partial charge in [0.15, 0.2) is 5.78 Å². The average molecular weight is 274 g/mol. The summed E-state index contributed by atoms with van der Waals surface area (Å²) >= 11 is 0. The first-order valence-corrected chi connectivity index (χ1v) is 7.33. The Balaban J connectivity index is 3.09. The van der Waals surface area contributed by atoms with Gasteiger partial charge in [-0.1, -0.05) is 13.8 Å². The molecule has 0 amide bonds. The molecule has 0 fully saturated rings. The van der Waals surface area contributed by atoms with Crippen molar-refractivity contribution in [2.24, 2.45) is 5.92 Å². The van der Waals surface area contributed by atoms with E-state index in [0.29, 0.717) is 19.8 Å². The summed E-state index contributed by atoms with van der Waals surface area (Å²) in [5.74, 6) is 0.245. The monoisotopic (exact) mass is 274 g/mol. The van der Waals surface area contributed by atoms with Gasteiger partial charge in [0.2, 0.25) is 0 Å². The molecule has 0 aromatic rings. The maximum absolute atomic E-state index is 11.3. The molecular weight excluding hydrogens is 244 g/mol. The third-order valence-electron chi connectivity index (χ3n) is 2.64. The number of rotatable bonds is 13. The minimum atomic E-state index is 0.0708. The maximum Gasteiger partial charge on any atom is 0.160 e. The molecule has 0 aromatic carbocycles. The predicted octanol–water partition coefficient (Wildman–Crippen LogP) is 2.84. The molecule has 0 heterocycles. The zero-order valence-corrected chi connectivity index (χ0v) is 12.9. The Morgan fingerprint density at radius 1 is 0.842 bits per heavy atom. The number of ether oxygens (including phenoxy) is 3. The number of Topliss-reactive ketones (excluding diaryl/α,β-unsaturated/α-hetero) is 1. The van der Waals surface area contributed by atoms with Crippen LogP contribution in [-0.2, 0) is 19.0 Å². The summed E-state index contributed by atoms with van der Waals surface area (Å²) in [5, 5.41) is 0. The first-order chi connectivity index (χ1) is 9.04. The number of unbranched alkanes of at least 4 members (excludes halogenated alkanes) is 2. The summed E-state index contributed by atoms with van der Waals surface area (Å²) in [6.45, 7) is 10.8. The van der Waals surface area contributed by atoms with Crippen LogP contribution in [0.15, 0.2) is 0 Å². The van der Waals surface area contributed by atoms with Crippen LogP contribution in [0.4, 0.5) is 0 Å². The van der Waals surface area contributed by atoms with Crippen LogP contribution < -0.4 is 0 Å². The quantitative estimate of drug-likeness (QED) is 0.484. The van der Waals surface area contributed by atoms with E-state index in [9.17, 15) is 4.79 Å². The molecule has 19 heavy (non-hydrogen) atoms. The molecule has 4 heteroatoms. The third-order valence-corrected chi connectivity index (χ3v) is 2.64. The van der Waals surface area contributed by atoms with Gasteiger partial charge < -0.3 is 14.2 Å². The molecule has 0 saturated heterocycles. The molecule has 0 aliphatic rings. The Morgan fingerprint density at radius 3 is 2.05 bits per heavy atom. The van der Waals surface area contributed by atoms with Gasteiger partial charge in [-0.15, -0.1) is 0 Å². The van der Waals surface area contributed by atoms with E-state index in [4.69, 9.17) is 14.2 Å². The number of carbonyl (C=O) groups is 1. The molecule has 114 valence electrons. The molecule has 0 aliphatic carbocycles. The predicted molar refractivity (Wildman–Crippen MR) is 76.4 cm³/mol. The Bertz CT molecular complexity index is 214. The lowest BCUT2D eigenvalue weighted by Crippen LogP contribution is -2.15. The summed E-state index contributed by atoms with van der Waals surface area (Å²) in [6, 6.07) is 0. The SMILES string of the molecule is CC(C)OCCOCCCCCOCC(=O)C(C)C. The maximum atomic E-state index is 11.3. The van der Waals surface area contributed by atoms with Crippen molar-refractivity contribution >= 4 is 5.78 Å². The molecule has 0 rings (SSSR count). The fourth-order valence-electron chi connectivity index (χ4n) is 1.37. The van der Waals surface area contributed by atoms with Crippen molar-refractivity contribution < 1.29 is 19.0 Å². The zero-order chi connectivity index (χ0) is 14.5. The Labute approximate surface area is 117 Å². The topological polar surface area (TPSA) is 44.8 Å². The van der Waals surface area contributed by atoms with Gasteiger partial charge in [-0.2, -0.15) is 0 Å². The van der Waals surface area contributed by atoms with Gasteiger partial charge in [-0.05, 0) is 33.1 Å². The minimum absolute atomic E-state index is 0.0708. The van der Waals surface area contributed by atoms with Crippen LogP contribution in [0.5, 0.6) is 0 Å². The van der Waals surface area contributed by atoms with Crippen LogP contribution in [-0.4, -0.2) is 44.9 Å². The summed E-state index contributed by atoms with van der Waals surface area (Å²) < 4.78 is 16.1. The highest BCUT2D eigenvalue weighted by Gasteiger charge is 2.06. The van der Waals surface area contributed by atoms with E-state index in [1.54, 1.807) is 0 Å². The lowest BCUT2D eigenvalue weighted by molar-refractivity contribution is -0.126. The molecule has 0 spiro atoms.